The van der Waals surface area contributed by atoms with E-state index in [2.05, 4.69) is 5.43 Å². The van der Waals surface area contributed by atoms with E-state index in [9.17, 15) is 19.2 Å². The maximum absolute atomic E-state index is 12.1. The van der Waals surface area contributed by atoms with Crippen LogP contribution < -0.4 is 5.43 Å². The molecule has 8 nitrogen and oxygen atoms in total. The Balaban J connectivity index is 1.82. The summed E-state index contributed by atoms with van der Waals surface area (Å²) in [6.45, 7) is 2.83. The van der Waals surface area contributed by atoms with Gasteiger partial charge in [0.05, 0.1) is 11.1 Å². The second-order valence-electron chi connectivity index (χ2n) is 5.36. The normalized spacial score (nSPS) is 19.2. The number of imide groups is 1. The molecule has 0 spiro atoms. The smallest absolute Gasteiger partial charge is 0.350 e. The van der Waals surface area contributed by atoms with Gasteiger partial charge in [0, 0.05) is 20.0 Å². The number of carbonyl (C=O) groups is 4. The van der Waals surface area contributed by atoms with Gasteiger partial charge in [-0.3, -0.25) is 15.0 Å². The predicted molar refractivity (Wildman–Crippen MR) is 74.4 cm³/mol. The third-order valence-electron chi connectivity index (χ3n) is 3.25. The molecular weight excluding hydrogens is 304 g/mol. The van der Waals surface area contributed by atoms with Gasteiger partial charge < -0.3 is 9.47 Å². The fraction of sp³-hybridized carbons (Fsp3) is 0.200. The molecule has 8 heteroatoms. The number of hydrazine groups is 1. The van der Waals surface area contributed by atoms with E-state index in [4.69, 9.17) is 9.47 Å². The van der Waals surface area contributed by atoms with Crippen molar-refractivity contribution >= 4 is 23.8 Å². The second-order valence-corrected chi connectivity index (χ2v) is 5.36. The Labute approximate surface area is 130 Å². The third-order valence-corrected chi connectivity index (χ3v) is 3.25. The van der Waals surface area contributed by atoms with Crippen LogP contribution in [0.25, 0.3) is 0 Å². The minimum absolute atomic E-state index is 0.235. The molecule has 0 bridgehead atoms. The zero-order valence-electron chi connectivity index (χ0n) is 12.3. The lowest BCUT2D eigenvalue weighted by Crippen LogP contribution is -2.44. The molecule has 2 amide bonds. The van der Waals surface area contributed by atoms with Crippen LogP contribution in [0.15, 0.2) is 36.0 Å². The lowest BCUT2D eigenvalue weighted by atomic mass is 10.1. The topological polar surface area (TPSA) is 102 Å². The van der Waals surface area contributed by atoms with Gasteiger partial charge in [0.15, 0.2) is 5.57 Å². The number of fused-ring (bicyclic) bond motifs is 1. The van der Waals surface area contributed by atoms with E-state index in [-0.39, 0.29) is 11.1 Å². The van der Waals surface area contributed by atoms with Gasteiger partial charge in [0.25, 0.3) is 17.6 Å². The van der Waals surface area contributed by atoms with Crippen molar-refractivity contribution in [3.63, 3.8) is 0 Å². The molecule has 2 heterocycles. The Morgan fingerprint density at radius 3 is 1.91 bits per heavy atom. The van der Waals surface area contributed by atoms with Gasteiger partial charge in [0.1, 0.15) is 0 Å². The van der Waals surface area contributed by atoms with E-state index >= 15 is 0 Å². The Kier molecular flexibility index (Phi) is 3.17. The molecule has 118 valence electrons. The Bertz CT molecular complexity index is 723. The lowest BCUT2D eigenvalue weighted by molar-refractivity contribution is -0.222. The van der Waals surface area contributed by atoms with E-state index in [0.29, 0.717) is 5.01 Å². The molecule has 1 saturated heterocycles. The quantitative estimate of drug-likeness (QED) is 0.367. The summed E-state index contributed by atoms with van der Waals surface area (Å²) in [6, 6.07) is 6.28. The molecule has 1 N–H and O–H groups in total. The van der Waals surface area contributed by atoms with Crippen molar-refractivity contribution < 1.29 is 28.7 Å². The maximum Gasteiger partial charge on any atom is 0.350 e. The number of hydrogen-bond donors (Lipinski definition) is 1. The highest BCUT2D eigenvalue weighted by Gasteiger charge is 2.40. The van der Waals surface area contributed by atoms with Crippen molar-refractivity contribution in [2.45, 2.75) is 19.6 Å². The first-order valence-corrected chi connectivity index (χ1v) is 6.71. The summed E-state index contributed by atoms with van der Waals surface area (Å²) < 4.78 is 9.82. The lowest BCUT2D eigenvalue weighted by Gasteiger charge is -2.29. The molecule has 0 atom stereocenters. The highest BCUT2D eigenvalue weighted by atomic mass is 16.7. The van der Waals surface area contributed by atoms with Crippen molar-refractivity contribution in [3.05, 3.63) is 47.2 Å². The van der Waals surface area contributed by atoms with Crippen LogP contribution in [0.2, 0.25) is 0 Å². The molecule has 1 aromatic carbocycles. The average Bonchev–Trinajstić information content (AvgIpc) is 2.70. The van der Waals surface area contributed by atoms with Crippen LogP contribution in [0, 0.1) is 0 Å². The molecule has 0 radical (unpaired) electrons. The number of nitrogens with one attached hydrogen (secondary N) is 1. The van der Waals surface area contributed by atoms with E-state index < -0.39 is 35.1 Å². The fourth-order valence-corrected chi connectivity index (χ4v) is 2.21. The van der Waals surface area contributed by atoms with Gasteiger partial charge in [-0.15, -0.1) is 0 Å². The molecule has 0 unspecified atom stereocenters. The third kappa shape index (κ3) is 2.44. The standard InChI is InChI=1S/C15H12N2O6/c1-15(2)22-13(20)10(14(21)23-15)7-16-17-11(18)8-5-3-4-6-9(8)12(17)19/h3-7,16H,1-2H3. The Morgan fingerprint density at radius 2 is 1.43 bits per heavy atom. The fourth-order valence-electron chi connectivity index (χ4n) is 2.21. The number of carbonyl (C=O) groups excluding carboxylic acids is 4. The maximum atomic E-state index is 12.1. The molecule has 2 aliphatic rings. The molecule has 1 aromatic rings. The first-order chi connectivity index (χ1) is 10.8. The van der Waals surface area contributed by atoms with Gasteiger partial charge >= 0.3 is 11.9 Å². The zero-order chi connectivity index (χ0) is 16.8. The van der Waals surface area contributed by atoms with Crippen molar-refractivity contribution in [3.8, 4) is 0 Å². The van der Waals surface area contributed by atoms with Crippen LogP contribution in [0.1, 0.15) is 34.6 Å². The van der Waals surface area contributed by atoms with Gasteiger partial charge in [-0.25, -0.2) is 9.59 Å². The summed E-state index contributed by atoms with van der Waals surface area (Å²) in [6.07, 6.45) is 0.918. The van der Waals surface area contributed by atoms with Crippen molar-refractivity contribution in [1.82, 2.24) is 10.4 Å². The van der Waals surface area contributed by atoms with Crippen molar-refractivity contribution in [2.75, 3.05) is 0 Å². The molecule has 23 heavy (non-hydrogen) atoms. The zero-order valence-corrected chi connectivity index (χ0v) is 12.3. The largest absolute Gasteiger partial charge is 0.419 e. The summed E-state index contributed by atoms with van der Waals surface area (Å²) in [4.78, 5) is 47.8. The molecule has 3 rings (SSSR count). The number of benzene rings is 1. The van der Waals surface area contributed by atoms with Gasteiger partial charge in [-0.2, -0.15) is 5.01 Å². The predicted octanol–water partition coefficient (Wildman–Crippen LogP) is 0.507. The summed E-state index contributed by atoms with van der Waals surface area (Å²) in [5.41, 5.74) is 2.38. The van der Waals surface area contributed by atoms with E-state index in [0.717, 1.165) is 6.20 Å². The SMILES string of the molecule is CC1(C)OC(=O)C(=CNN2C(=O)c3ccccc3C2=O)C(=O)O1. The van der Waals surface area contributed by atoms with Crippen LogP contribution in [-0.4, -0.2) is 34.5 Å². The number of rotatable bonds is 2. The van der Waals surface area contributed by atoms with Crippen LogP contribution in [0.5, 0.6) is 0 Å². The van der Waals surface area contributed by atoms with Crippen LogP contribution >= 0.6 is 0 Å². The minimum atomic E-state index is -1.36. The number of amides is 2. The molecule has 0 aliphatic carbocycles. The van der Waals surface area contributed by atoms with Crippen LogP contribution in [-0.2, 0) is 19.1 Å². The van der Waals surface area contributed by atoms with Crippen LogP contribution in [0.4, 0.5) is 0 Å². The monoisotopic (exact) mass is 316 g/mol. The highest BCUT2D eigenvalue weighted by Crippen LogP contribution is 2.23. The van der Waals surface area contributed by atoms with Crippen molar-refractivity contribution in [2.24, 2.45) is 0 Å². The number of esters is 2. The molecule has 0 saturated carbocycles. The second kappa shape index (κ2) is 4.94. The van der Waals surface area contributed by atoms with E-state index in [1.54, 1.807) is 12.1 Å². The van der Waals surface area contributed by atoms with E-state index in [1.807, 2.05) is 0 Å². The first kappa shape index (κ1) is 14.8. The van der Waals surface area contributed by atoms with Gasteiger partial charge in [0.2, 0.25) is 0 Å². The number of cyclic esters (lactones) is 2. The Morgan fingerprint density at radius 1 is 0.957 bits per heavy atom. The van der Waals surface area contributed by atoms with Gasteiger partial charge in [-0.1, -0.05) is 12.1 Å². The average molecular weight is 316 g/mol. The first-order valence-electron chi connectivity index (χ1n) is 6.71. The molecule has 1 fully saturated rings. The number of hydrogen-bond acceptors (Lipinski definition) is 7. The van der Waals surface area contributed by atoms with Crippen molar-refractivity contribution in [1.29, 1.82) is 0 Å². The van der Waals surface area contributed by atoms with Crippen LogP contribution in [0.3, 0.4) is 0 Å². The summed E-state index contributed by atoms with van der Waals surface area (Å²) in [5.74, 6) is -4.34. The summed E-state index contributed by atoms with van der Waals surface area (Å²) in [7, 11) is 0. The number of ether oxygens (including phenoxy) is 2. The molecule has 2 aliphatic heterocycles. The molecular formula is C15H12N2O6. The summed E-state index contributed by atoms with van der Waals surface area (Å²) >= 11 is 0. The molecule has 0 aromatic heterocycles. The van der Waals surface area contributed by atoms with E-state index in [1.165, 1.54) is 26.0 Å². The summed E-state index contributed by atoms with van der Waals surface area (Å²) in [5, 5.41) is 0.706. The minimum Gasteiger partial charge on any atom is -0.419 e. The number of nitrogens with zero attached hydrogens (tertiary/aromatic N) is 1. The highest BCUT2D eigenvalue weighted by molar-refractivity contribution is 6.21. The van der Waals surface area contributed by atoms with Gasteiger partial charge in [-0.05, 0) is 12.1 Å². The Hall–Kier alpha value is -3.16.